The van der Waals surface area contributed by atoms with Crippen molar-refractivity contribution in [1.29, 1.82) is 0 Å². The summed E-state index contributed by atoms with van der Waals surface area (Å²) in [6.45, 7) is 2.20. The fourth-order valence-corrected chi connectivity index (χ4v) is 2.91. The first kappa shape index (κ1) is 14.6. The van der Waals surface area contributed by atoms with E-state index in [1.807, 2.05) is 6.07 Å². The van der Waals surface area contributed by atoms with Crippen LogP contribution in [-0.4, -0.2) is 30.8 Å². The van der Waals surface area contributed by atoms with Crippen LogP contribution in [0.1, 0.15) is 23.2 Å². The molecule has 0 radical (unpaired) electrons. The Labute approximate surface area is 139 Å². The molecule has 1 aromatic heterocycles. The second-order valence-corrected chi connectivity index (χ2v) is 5.85. The molecule has 0 atom stereocenters. The molecule has 0 spiro atoms. The summed E-state index contributed by atoms with van der Waals surface area (Å²) in [5.74, 6) is 1.80. The Kier molecular flexibility index (Phi) is 3.60. The third kappa shape index (κ3) is 2.68. The Hall–Kier alpha value is -2.96. The number of anilines is 3. The van der Waals surface area contributed by atoms with Gasteiger partial charge in [-0.3, -0.25) is 4.79 Å². The topological polar surface area (TPSA) is 89.7 Å². The first-order chi connectivity index (χ1) is 11.7. The summed E-state index contributed by atoms with van der Waals surface area (Å²) in [6.07, 6.45) is 3.97. The highest BCUT2D eigenvalue weighted by Gasteiger charge is 2.18. The molecule has 0 aliphatic carbocycles. The number of fused-ring (bicyclic) bond motifs is 1. The van der Waals surface area contributed by atoms with Crippen molar-refractivity contribution >= 4 is 23.1 Å². The van der Waals surface area contributed by atoms with Gasteiger partial charge in [-0.25, -0.2) is 4.98 Å². The Balaban J connectivity index is 1.50. The van der Waals surface area contributed by atoms with E-state index >= 15 is 0 Å². The number of ether oxygens (including phenoxy) is 2. The maximum Gasteiger partial charge on any atom is 0.257 e. The van der Waals surface area contributed by atoms with Crippen molar-refractivity contribution in [3.05, 3.63) is 36.0 Å². The van der Waals surface area contributed by atoms with Gasteiger partial charge in [0.05, 0.1) is 16.9 Å². The summed E-state index contributed by atoms with van der Waals surface area (Å²) in [4.78, 5) is 19.0. The molecule has 1 fully saturated rings. The summed E-state index contributed by atoms with van der Waals surface area (Å²) in [7, 11) is 0. The van der Waals surface area contributed by atoms with Crippen LogP contribution in [0.4, 0.5) is 17.2 Å². The highest BCUT2D eigenvalue weighted by Crippen LogP contribution is 2.38. The molecule has 2 aliphatic rings. The second kappa shape index (κ2) is 5.92. The minimum Gasteiger partial charge on any atom is -0.454 e. The van der Waals surface area contributed by atoms with Gasteiger partial charge in [0.15, 0.2) is 11.5 Å². The zero-order valence-electron chi connectivity index (χ0n) is 13.1. The van der Waals surface area contributed by atoms with Crippen LogP contribution in [-0.2, 0) is 0 Å². The monoisotopic (exact) mass is 326 g/mol. The SMILES string of the molecule is Nc1cc2c(cc1NC(=O)c1ccc(N3CCCC3)nc1)OCO2. The largest absolute Gasteiger partial charge is 0.454 e. The van der Waals surface area contributed by atoms with E-state index in [2.05, 4.69) is 15.2 Å². The fraction of sp³-hybridized carbons (Fsp3) is 0.294. The van der Waals surface area contributed by atoms with Crippen molar-refractivity contribution in [1.82, 2.24) is 4.98 Å². The molecule has 4 rings (SSSR count). The number of amides is 1. The van der Waals surface area contributed by atoms with E-state index in [1.54, 1.807) is 24.4 Å². The highest BCUT2D eigenvalue weighted by atomic mass is 16.7. The quantitative estimate of drug-likeness (QED) is 0.841. The lowest BCUT2D eigenvalue weighted by atomic mass is 10.2. The highest BCUT2D eigenvalue weighted by molar-refractivity contribution is 6.06. The van der Waals surface area contributed by atoms with Crippen LogP contribution in [0.3, 0.4) is 0 Å². The van der Waals surface area contributed by atoms with E-state index in [4.69, 9.17) is 15.2 Å². The third-order valence-corrected chi connectivity index (χ3v) is 4.23. The number of nitrogen functional groups attached to an aromatic ring is 1. The molecule has 3 N–H and O–H groups in total. The van der Waals surface area contributed by atoms with Crippen LogP contribution in [0.5, 0.6) is 11.5 Å². The summed E-state index contributed by atoms with van der Waals surface area (Å²) >= 11 is 0. The molecule has 7 heteroatoms. The smallest absolute Gasteiger partial charge is 0.257 e. The standard InChI is InChI=1S/C17H18N4O3/c18-12-7-14-15(24-10-23-14)8-13(12)20-17(22)11-3-4-16(19-9-11)21-5-1-2-6-21/h3-4,7-9H,1-2,5-6,10,18H2,(H,20,22). The molecular formula is C17H18N4O3. The molecular weight excluding hydrogens is 308 g/mol. The van der Waals surface area contributed by atoms with Gasteiger partial charge in [0.25, 0.3) is 5.91 Å². The first-order valence-electron chi connectivity index (χ1n) is 7.92. The summed E-state index contributed by atoms with van der Waals surface area (Å²) in [5.41, 5.74) is 7.35. The Bertz CT molecular complexity index is 770. The molecule has 124 valence electrons. The molecule has 1 saturated heterocycles. The van der Waals surface area contributed by atoms with Gasteiger partial charge in [-0.1, -0.05) is 0 Å². The Morgan fingerprint density at radius 1 is 1.17 bits per heavy atom. The molecule has 3 heterocycles. The van der Waals surface area contributed by atoms with Gasteiger partial charge >= 0.3 is 0 Å². The second-order valence-electron chi connectivity index (χ2n) is 5.85. The number of nitrogens with two attached hydrogens (primary N) is 1. The van der Waals surface area contributed by atoms with Gasteiger partial charge in [-0.2, -0.15) is 0 Å². The number of benzene rings is 1. The number of hydrogen-bond acceptors (Lipinski definition) is 6. The predicted octanol–water partition coefficient (Wildman–Crippen LogP) is 2.25. The molecule has 0 unspecified atom stereocenters. The number of carbonyl (C=O) groups excluding carboxylic acids is 1. The van der Waals surface area contributed by atoms with Crippen LogP contribution in [0.15, 0.2) is 30.5 Å². The van der Waals surface area contributed by atoms with Gasteiger partial charge in [0, 0.05) is 31.4 Å². The fourth-order valence-electron chi connectivity index (χ4n) is 2.91. The van der Waals surface area contributed by atoms with Crippen molar-refractivity contribution in [3.8, 4) is 11.5 Å². The van der Waals surface area contributed by atoms with Gasteiger partial charge in [-0.15, -0.1) is 0 Å². The van der Waals surface area contributed by atoms with E-state index in [9.17, 15) is 4.79 Å². The number of carbonyl (C=O) groups is 1. The number of rotatable bonds is 3. The lowest BCUT2D eigenvalue weighted by molar-refractivity contribution is 0.102. The molecule has 0 bridgehead atoms. The maximum atomic E-state index is 12.4. The molecule has 24 heavy (non-hydrogen) atoms. The lowest BCUT2D eigenvalue weighted by Gasteiger charge is -2.16. The van der Waals surface area contributed by atoms with Crippen LogP contribution >= 0.6 is 0 Å². The van der Waals surface area contributed by atoms with Crippen LogP contribution in [0.2, 0.25) is 0 Å². The average Bonchev–Trinajstić information content (AvgIpc) is 3.26. The van der Waals surface area contributed by atoms with Gasteiger partial charge in [0.1, 0.15) is 5.82 Å². The van der Waals surface area contributed by atoms with Crippen LogP contribution < -0.4 is 25.4 Å². The van der Waals surface area contributed by atoms with Gasteiger partial charge in [-0.05, 0) is 25.0 Å². The molecule has 7 nitrogen and oxygen atoms in total. The van der Waals surface area contributed by atoms with E-state index in [-0.39, 0.29) is 12.7 Å². The van der Waals surface area contributed by atoms with Crippen LogP contribution in [0, 0.1) is 0 Å². The van der Waals surface area contributed by atoms with E-state index in [0.29, 0.717) is 28.4 Å². The van der Waals surface area contributed by atoms with Crippen molar-refractivity contribution in [2.75, 3.05) is 35.8 Å². The lowest BCUT2D eigenvalue weighted by Crippen LogP contribution is -2.19. The Morgan fingerprint density at radius 3 is 2.62 bits per heavy atom. The Morgan fingerprint density at radius 2 is 1.92 bits per heavy atom. The molecule has 1 aromatic carbocycles. The maximum absolute atomic E-state index is 12.4. The van der Waals surface area contributed by atoms with E-state index in [1.165, 1.54) is 12.8 Å². The number of aromatic nitrogens is 1. The van der Waals surface area contributed by atoms with E-state index < -0.39 is 0 Å². The zero-order valence-corrected chi connectivity index (χ0v) is 13.1. The number of pyridine rings is 1. The summed E-state index contributed by atoms with van der Waals surface area (Å²) < 4.78 is 10.6. The normalized spacial score (nSPS) is 15.6. The molecule has 2 aliphatic heterocycles. The molecule has 1 amide bonds. The minimum absolute atomic E-state index is 0.161. The van der Waals surface area contributed by atoms with E-state index in [0.717, 1.165) is 18.9 Å². The summed E-state index contributed by atoms with van der Waals surface area (Å²) in [6, 6.07) is 6.97. The van der Waals surface area contributed by atoms with Gasteiger partial charge in [0.2, 0.25) is 6.79 Å². The van der Waals surface area contributed by atoms with Gasteiger partial charge < -0.3 is 25.4 Å². The molecule has 0 saturated carbocycles. The number of nitrogens with zero attached hydrogens (tertiary/aromatic N) is 2. The van der Waals surface area contributed by atoms with Crippen molar-refractivity contribution in [3.63, 3.8) is 0 Å². The average molecular weight is 326 g/mol. The first-order valence-corrected chi connectivity index (χ1v) is 7.92. The summed E-state index contributed by atoms with van der Waals surface area (Å²) in [5, 5.41) is 2.79. The van der Waals surface area contributed by atoms with Crippen LogP contribution in [0.25, 0.3) is 0 Å². The predicted molar refractivity (Wildman–Crippen MR) is 90.6 cm³/mol. The number of hydrogen-bond donors (Lipinski definition) is 2. The number of nitrogens with one attached hydrogen (secondary N) is 1. The minimum atomic E-state index is -0.263. The zero-order chi connectivity index (χ0) is 16.5. The molecule has 2 aromatic rings. The van der Waals surface area contributed by atoms with Crippen molar-refractivity contribution in [2.45, 2.75) is 12.8 Å². The van der Waals surface area contributed by atoms with Crippen molar-refractivity contribution in [2.24, 2.45) is 0 Å². The third-order valence-electron chi connectivity index (χ3n) is 4.23. The van der Waals surface area contributed by atoms with Crippen molar-refractivity contribution < 1.29 is 14.3 Å².